The highest BCUT2D eigenvalue weighted by Gasteiger charge is 2.02. The number of aryl methyl sites for hydroxylation is 1. The SMILES string of the molecule is CCN(CC)CCn1ccn(C)c1=O. The fourth-order valence-electron chi connectivity index (χ4n) is 1.47. The van der Waals surface area contributed by atoms with Gasteiger partial charge in [-0.2, -0.15) is 0 Å². The molecular weight excluding hydrogens is 178 g/mol. The van der Waals surface area contributed by atoms with E-state index in [1.54, 1.807) is 22.4 Å². The van der Waals surface area contributed by atoms with Crippen LogP contribution in [-0.2, 0) is 13.6 Å². The van der Waals surface area contributed by atoms with Crippen LogP contribution in [0.5, 0.6) is 0 Å². The summed E-state index contributed by atoms with van der Waals surface area (Å²) in [6.07, 6.45) is 3.64. The molecule has 0 bridgehead atoms. The Balaban J connectivity index is 2.53. The Kier molecular flexibility index (Phi) is 3.95. The standard InChI is InChI=1S/C10H19N3O/c1-4-12(5-2)7-9-13-8-6-11(3)10(13)14/h6,8H,4-5,7,9H2,1-3H3. The maximum Gasteiger partial charge on any atom is 0.327 e. The molecule has 1 aromatic rings. The minimum atomic E-state index is 0.0668. The molecule has 0 saturated carbocycles. The monoisotopic (exact) mass is 197 g/mol. The van der Waals surface area contributed by atoms with Crippen LogP contribution < -0.4 is 5.69 Å². The van der Waals surface area contributed by atoms with Crippen LogP contribution >= 0.6 is 0 Å². The van der Waals surface area contributed by atoms with Gasteiger partial charge < -0.3 is 9.47 Å². The highest BCUT2D eigenvalue weighted by Crippen LogP contribution is 1.89. The van der Waals surface area contributed by atoms with Crippen LogP contribution in [-0.4, -0.2) is 33.7 Å². The van der Waals surface area contributed by atoms with E-state index in [2.05, 4.69) is 18.7 Å². The van der Waals surface area contributed by atoms with Gasteiger partial charge in [0.05, 0.1) is 0 Å². The lowest BCUT2D eigenvalue weighted by Gasteiger charge is -2.17. The summed E-state index contributed by atoms with van der Waals surface area (Å²) < 4.78 is 3.35. The van der Waals surface area contributed by atoms with Gasteiger partial charge in [-0.25, -0.2) is 4.79 Å². The van der Waals surface area contributed by atoms with Crippen LogP contribution in [0.2, 0.25) is 0 Å². The van der Waals surface area contributed by atoms with Crippen molar-refractivity contribution in [2.45, 2.75) is 20.4 Å². The van der Waals surface area contributed by atoms with Crippen LogP contribution in [0.1, 0.15) is 13.8 Å². The van der Waals surface area contributed by atoms with Gasteiger partial charge in [-0.05, 0) is 13.1 Å². The molecule has 4 nitrogen and oxygen atoms in total. The third kappa shape index (κ3) is 2.48. The lowest BCUT2D eigenvalue weighted by Crippen LogP contribution is -2.31. The molecule has 0 aliphatic heterocycles. The van der Waals surface area contributed by atoms with E-state index in [-0.39, 0.29) is 5.69 Å². The summed E-state index contributed by atoms with van der Waals surface area (Å²) in [4.78, 5) is 13.8. The quantitative estimate of drug-likeness (QED) is 0.689. The molecule has 0 aliphatic rings. The smallest absolute Gasteiger partial charge is 0.302 e. The molecule has 0 aliphatic carbocycles. The van der Waals surface area contributed by atoms with E-state index in [0.29, 0.717) is 0 Å². The molecule has 1 rings (SSSR count). The largest absolute Gasteiger partial charge is 0.327 e. The van der Waals surface area contributed by atoms with Crippen molar-refractivity contribution >= 4 is 0 Å². The normalized spacial score (nSPS) is 11.1. The van der Waals surface area contributed by atoms with Crippen LogP contribution in [0.3, 0.4) is 0 Å². The number of rotatable bonds is 5. The summed E-state index contributed by atoms with van der Waals surface area (Å²) in [6, 6.07) is 0. The average Bonchev–Trinajstić information content (AvgIpc) is 2.51. The molecule has 1 aromatic heterocycles. The number of hydrogen-bond acceptors (Lipinski definition) is 2. The molecule has 0 N–H and O–H groups in total. The first kappa shape index (κ1) is 11.0. The van der Waals surface area contributed by atoms with E-state index in [1.807, 2.05) is 6.20 Å². The molecule has 0 atom stereocenters. The van der Waals surface area contributed by atoms with Gasteiger partial charge in [0.15, 0.2) is 0 Å². The molecule has 0 amide bonds. The molecule has 0 fully saturated rings. The van der Waals surface area contributed by atoms with Crippen LogP contribution in [0.15, 0.2) is 17.2 Å². The van der Waals surface area contributed by atoms with Crippen molar-refractivity contribution in [2.24, 2.45) is 7.05 Å². The highest BCUT2D eigenvalue weighted by atomic mass is 16.1. The number of likely N-dealkylation sites (N-methyl/N-ethyl adjacent to an activating group) is 1. The van der Waals surface area contributed by atoms with Gasteiger partial charge in [0, 0.05) is 32.5 Å². The lowest BCUT2D eigenvalue weighted by atomic mass is 10.4. The summed E-state index contributed by atoms with van der Waals surface area (Å²) in [6.45, 7) is 8.07. The highest BCUT2D eigenvalue weighted by molar-refractivity contribution is 4.79. The van der Waals surface area contributed by atoms with Gasteiger partial charge in [-0.1, -0.05) is 13.8 Å². The summed E-state index contributed by atoms with van der Waals surface area (Å²) in [5, 5.41) is 0. The summed E-state index contributed by atoms with van der Waals surface area (Å²) in [5.41, 5.74) is 0.0668. The van der Waals surface area contributed by atoms with E-state index in [1.165, 1.54) is 0 Å². The first-order chi connectivity index (χ1) is 6.69. The van der Waals surface area contributed by atoms with Crippen molar-refractivity contribution < 1.29 is 0 Å². The van der Waals surface area contributed by atoms with Gasteiger partial charge in [0.1, 0.15) is 0 Å². The minimum Gasteiger partial charge on any atom is -0.302 e. The first-order valence-electron chi connectivity index (χ1n) is 5.13. The van der Waals surface area contributed by atoms with Crippen LogP contribution in [0, 0.1) is 0 Å². The lowest BCUT2D eigenvalue weighted by molar-refractivity contribution is 0.289. The Labute approximate surface area is 84.8 Å². The number of hydrogen-bond donors (Lipinski definition) is 0. The summed E-state index contributed by atoms with van der Waals surface area (Å²) in [5.74, 6) is 0. The first-order valence-corrected chi connectivity index (χ1v) is 5.13. The molecule has 14 heavy (non-hydrogen) atoms. The molecule has 0 radical (unpaired) electrons. The number of aromatic nitrogens is 2. The Morgan fingerprint density at radius 3 is 2.36 bits per heavy atom. The van der Waals surface area contributed by atoms with Crippen molar-refractivity contribution in [1.82, 2.24) is 14.0 Å². The Bertz CT molecular complexity index is 322. The zero-order valence-electron chi connectivity index (χ0n) is 9.23. The Morgan fingerprint density at radius 2 is 1.93 bits per heavy atom. The zero-order chi connectivity index (χ0) is 10.6. The van der Waals surface area contributed by atoms with Gasteiger partial charge in [-0.3, -0.25) is 4.57 Å². The van der Waals surface area contributed by atoms with Crippen molar-refractivity contribution in [1.29, 1.82) is 0 Å². The molecule has 80 valence electrons. The second-order valence-electron chi connectivity index (χ2n) is 3.41. The second kappa shape index (κ2) is 5.00. The minimum absolute atomic E-state index is 0.0668. The number of imidazole rings is 1. The number of nitrogens with zero attached hydrogens (tertiary/aromatic N) is 3. The van der Waals surface area contributed by atoms with E-state index < -0.39 is 0 Å². The Hall–Kier alpha value is -1.03. The second-order valence-corrected chi connectivity index (χ2v) is 3.41. The predicted molar refractivity (Wildman–Crippen MR) is 57.5 cm³/mol. The van der Waals surface area contributed by atoms with E-state index >= 15 is 0 Å². The van der Waals surface area contributed by atoms with Gasteiger partial charge in [0.2, 0.25) is 0 Å². The molecule has 0 spiro atoms. The predicted octanol–water partition coefficient (Wildman–Crippen LogP) is 0.529. The fraction of sp³-hybridized carbons (Fsp3) is 0.700. The van der Waals surface area contributed by atoms with Crippen molar-refractivity contribution in [3.8, 4) is 0 Å². The topological polar surface area (TPSA) is 30.2 Å². The zero-order valence-corrected chi connectivity index (χ0v) is 9.23. The van der Waals surface area contributed by atoms with E-state index in [9.17, 15) is 4.79 Å². The molecule has 0 unspecified atom stereocenters. The molecule has 0 aromatic carbocycles. The third-order valence-electron chi connectivity index (χ3n) is 2.57. The van der Waals surface area contributed by atoms with Gasteiger partial charge in [0.25, 0.3) is 0 Å². The van der Waals surface area contributed by atoms with Crippen molar-refractivity contribution in [3.05, 3.63) is 22.9 Å². The van der Waals surface area contributed by atoms with Crippen molar-refractivity contribution in [3.63, 3.8) is 0 Å². The van der Waals surface area contributed by atoms with E-state index in [0.717, 1.165) is 26.2 Å². The average molecular weight is 197 g/mol. The fourth-order valence-corrected chi connectivity index (χ4v) is 1.47. The van der Waals surface area contributed by atoms with E-state index in [4.69, 9.17) is 0 Å². The molecular formula is C10H19N3O. The summed E-state index contributed by atoms with van der Waals surface area (Å²) in [7, 11) is 1.77. The Morgan fingerprint density at radius 1 is 1.29 bits per heavy atom. The van der Waals surface area contributed by atoms with Crippen LogP contribution in [0.4, 0.5) is 0 Å². The van der Waals surface area contributed by atoms with Gasteiger partial charge >= 0.3 is 5.69 Å². The molecule has 1 heterocycles. The maximum atomic E-state index is 11.5. The maximum absolute atomic E-state index is 11.5. The molecule has 4 heteroatoms. The van der Waals surface area contributed by atoms with Crippen molar-refractivity contribution in [2.75, 3.05) is 19.6 Å². The summed E-state index contributed by atoms with van der Waals surface area (Å²) >= 11 is 0. The third-order valence-corrected chi connectivity index (χ3v) is 2.57. The van der Waals surface area contributed by atoms with Gasteiger partial charge in [-0.15, -0.1) is 0 Å². The molecule has 0 saturated heterocycles. The van der Waals surface area contributed by atoms with Crippen LogP contribution in [0.25, 0.3) is 0 Å².